The highest BCUT2D eigenvalue weighted by atomic mass is 79.9. The van der Waals surface area contributed by atoms with Gasteiger partial charge >= 0.3 is 0 Å². The van der Waals surface area contributed by atoms with Gasteiger partial charge in [-0.25, -0.2) is 4.39 Å². The van der Waals surface area contributed by atoms with E-state index in [4.69, 9.17) is 0 Å². The van der Waals surface area contributed by atoms with E-state index < -0.39 is 0 Å². The third kappa shape index (κ3) is 3.93. The first-order chi connectivity index (χ1) is 8.63. The Morgan fingerprint density at radius 2 is 1.67 bits per heavy atom. The molecule has 3 heteroatoms. The van der Waals surface area contributed by atoms with Gasteiger partial charge in [0.1, 0.15) is 5.82 Å². The van der Waals surface area contributed by atoms with Gasteiger partial charge in [0.05, 0.1) is 0 Å². The van der Waals surface area contributed by atoms with Gasteiger partial charge in [-0.15, -0.1) is 0 Å². The number of hydrogen-bond donors (Lipinski definition) is 0. The van der Waals surface area contributed by atoms with Crippen molar-refractivity contribution in [1.82, 2.24) is 4.90 Å². The summed E-state index contributed by atoms with van der Waals surface area (Å²) >= 11 is 3.31. The molecule has 0 aliphatic rings. The van der Waals surface area contributed by atoms with Gasteiger partial charge in [-0.2, -0.15) is 0 Å². The molecule has 1 nitrogen and oxygen atoms in total. The molecule has 0 aromatic heterocycles. The molecule has 0 unspecified atom stereocenters. The number of benzene rings is 2. The molecule has 0 saturated carbocycles. The molecule has 2 aromatic carbocycles. The van der Waals surface area contributed by atoms with Gasteiger partial charge in [-0.1, -0.05) is 46.3 Å². The Balaban J connectivity index is 2.01. The predicted octanol–water partition coefficient (Wildman–Crippen LogP) is 4.22. The standard InChI is InChI=1S/C15H15BrFN/c1-18(10-12-5-3-2-4-6-12)11-13-7-14(16)9-15(17)8-13/h2-9H,10-11H2,1H3. The van der Waals surface area contributed by atoms with Gasteiger partial charge in [0.15, 0.2) is 0 Å². The van der Waals surface area contributed by atoms with Crippen molar-refractivity contribution in [3.63, 3.8) is 0 Å². The Morgan fingerprint density at radius 1 is 1.00 bits per heavy atom. The summed E-state index contributed by atoms with van der Waals surface area (Å²) in [5.74, 6) is -0.201. The third-order valence-corrected chi connectivity index (χ3v) is 3.13. The van der Waals surface area contributed by atoms with E-state index in [2.05, 4.69) is 33.0 Å². The molecule has 0 aliphatic heterocycles. The molecule has 18 heavy (non-hydrogen) atoms. The van der Waals surface area contributed by atoms with Crippen LogP contribution in [0.2, 0.25) is 0 Å². The molecule has 0 spiro atoms. The average Bonchev–Trinajstić information content (AvgIpc) is 2.28. The van der Waals surface area contributed by atoms with Gasteiger partial charge in [0.25, 0.3) is 0 Å². The smallest absolute Gasteiger partial charge is 0.124 e. The quantitative estimate of drug-likeness (QED) is 0.817. The first-order valence-corrected chi connectivity index (χ1v) is 6.60. The minimum atomic E-state index is -0.201. The maximum absolute atomic E-state index is 13.3. The summed E-state index contributed by atoms with van der Waals surface area (Å²) in [4.78, 5) is 2.16. The van der Waals surface area contributed by atoms with Crippen LogP contribution >= 0.6 is 15.9 Å². The fourth-order valence-corrected chi connectivity index (χ4v) is 2.48. The van der Waals surface area contributed by atoms with Crippen LogP contribution in [0.4, 0.5) is 4.39 Å². The van der Waals surface area contributed by atoms with E-state index in [1.807, 2.05) is 31.3 Å². The second-order valence-corrected chi connectivity index (χ2v) is 5.35. The molecule has 0 aliphatic carbocycles. The van der Waals surface area contributed by atoms with Gasteiger partial charge < -0.3 is 0 Å². The molecule has 0 bridgehead atoms. The van der Waals surface area contributed by atoms with Crippen LogP contribution in [0.15, 0.2) is 53.0 Å². The summed E-state index contributed by atoms with van der Waals surface area (Å²) < 4.78 is 14.0. The minimum absolute atomic E-state index is 0.201. The number of nitrogens with zero attached hydrogens (tertiary/aromatic N) is 1. The third-order valence-electron chi connectivity index (χ3n) is 2.67. The zero-order valence-corrected chi connectivity index (χ0v) is 11.8. The van der Waals surface area contributed by atoms with Crippen molar-refractivity contribution in [3.8, 4) is 0 Å². The minimum Gasteiger partial charge on any atom is -0.298 e. The normalized spacial score (nSPS) is 10.9. The summed E-state index contributed by atoms with van der Waals surface area (Å²) in [7, 11) is 2.03. The molecule has 0 radical (unpaired) electrons. The molecular weight excluding hydrogens is 293 g/mol. The lowest BCUT2D eigenvalue weighted by Gasteiger charge is -2.17. The second-order valence-electron chi connectivity index (χ2n) is 4.44. The highest BCUT2D eigenvalue weighted by Crippen LogP contribution is 2.16. The van der Waals surface area contributed by atoms with Crippen LogP contribution in [0.3, 0.4) is 0 Å². The summed E-state index contributed by atoms with van der Waals surface area (Å²) in [5.41, 5.74) is 2.23. The SMILES string of the molecule is CN(Cc1ccccc1)Cc1cc(F)cc(Br)c1. The highest BCUT2D eigenvalue weighted by molar-refractivity contribution is 9.10. The van der Waals surface area contributed by atoms with E-state index in [9.17, 15) is 4.39 Å². The first kappa shape index (κ1) is 13.2. The van der Waals surface area contributed by atoms with E-state index in [-0.39, 0.29) is 5.82 Å². The fraction of sp³-hybridized carbons (Fsp3) is 0.200. The lowest BCUT2D eigenvalue weighted by molar-refractivity contribution is 0.318. The van der Waals surface area contributed by atoms with Crippen LogP contribution in [0.5, 0.6) is 0 Å². The number of hydrogen-bond acceptors (Lipinski definition) is 1. The van der Waals surface area contributed by atoms with Gasteiger partial charge in [0.2, 0.25) is 0 Å². The lowest BCUT2D eigenvalue weighted by atomic mass is 10.2. The molecule has 0 heterocycles. The maximum atomic E-state index is 13.3. The van der Waals surface area contributed by atoms with E-state index >= 15 is 0 Å². The van der Waals surface area contributed by atoms with Crippen LogP contribution in [-0.2, 0) is 13.1 Å². The molecule has 0 amide bonds. The summed E-state index contributed by atoms with van der Waals surface area (Å²) in [6.07, 6.45) is 0. The van der Waals surface area contributed by atoms with Gasteiger partial charge in [-0.05, 0) is 36.4 Å². The Labute approximate surface area is 115 Å². The maximum Gasteiger partial charge on any atom is 0.124 e. The molecule has 0 saturated heterocycles. The molecular formula is C15H15BrFN. The Morgan fingerprint density at radius 3 is 2.33 bits per heavy atom. The zero-order valence-electron chi connectivity index (χ0n) is 10.2. The van der Waals surface area contributed by atoms with Gasteiger partial charge in [0, 0.05) is 17.6 Å². The van der Waals surface area contributed by atoms with Crippen LogP contribution in [-0.4, -0.2) is 11.9 Å². The largest absolute Gasteiger partial charge is 0.298 e. The predicted molar refractivity (Wildman–Crippen MR) is 75.7 cm³/mol. The number of halogens is 2. The highest BCUT2D eigenvalue weighted by Gasteiger charge is 2.04. The van der Waals surface area contributed by atoms with E-state index in [1.54, 1.807) is 6.07 Å². The van der Waals surface area contributed by atoms with Crippen LogP contribution < -0.4 is 0 Å². The molecule has 2 aromatic rings. The van der Waals surface area contributed by atoms with Crippen LogP contribution in [0, 0.1) is 5.82 Å². The second kappa shape index (κ2) is 6.12. The first-order valence-electron chi connectivity index (χ1n) is 5.81. The average molecular weight is 308 g/mol. The van der Waals surface area contributed by atoms with E-state index in [1.165, 1.54) is 11.6 Å². The van der Waals surface area contributed by atoms with E-state index in [0.29, 0.717) is 0 Å². The van der Waals surface area contributed by atoms with E-state index in [0.717, 1.165) is 23.1 Å². The fourth-order valence-electron chi connectivity index (χ4n) is 1.96. The topological polar surface area (TPSA) is 3.24 Å². The Kier molecular flexibility index (Phi) is 4.50. The molecule has 2 rings (SSSR count). The van der Waals surface area contributed by atoms with Crippen molar-refractivity contribution in [3.05, 3.63) is 69.9 Å². The van der Waals surface area contributed by atoms with Crippen molar-refractivity contribution in [2.24, 2.45) is 0 Å². The molecule has 0 N–H and O–H groups in total. The van der Waals surface area contributed by atoms with Crippen LogP contribution in [0.1, 0.15) is 11.1 Å². The summed E-state index contributed by atoms with van der Waals surface area (Å²) in [6.45, 7) is 1.58. The summed E-state index contributed by atoms with van der Waals surface area (Å²) in [6, 6.07) is 15.3. The summed E-state index contributed by atoms with van der Waals surface area (Å²) in [5, 5.41) is 0. The zero-order chi connectivity index (χ0) is 13.0. The van der Waals surface area contributed by atoms with Gasteiger partial charge in [-0.3, -0.25) is 4.90 Å². The Hall–Kier alpha value is -1.19. The number of rotatable bonds is 4. The Bertz CT molecular complexity index is 493. The van der Waals surface area contributed by atoms with Crippen molar-refractivity contribution < 1.29 is 4.39 Å². The van der Waals surface area contributed by atoms with Crippen molar-refractivity contribution in [2.45, 2.75) is 13.1 Å². The van der Waals surface area contributed by atoms with Crippen molar-refractivity contribution in [2.75, 3.05) is 7.05 Å². The molecule has 0 atom stereocenters. The lowest BCUT2D eigenvalue weighted by Crippen LogP contribution is -2.17. The van der Waals surface area contributed by atoms with Crippen molar-refractivity contribution in [1.29, 1.82) is 0 Å². The van der Waals surface area contributed by atoms with Crippen molar-refractivity contribution >= 4 is 15.9 Å². The molecule has 0 fully saturated rings. The van der Waals surface area contributed by atoms with Crippen LogP contribution in [0.25, 0.3) is 0 Å². The molecule has 94 valence electrons. The monoisotopic (exact) mass is 307 g/mol.